The molecule has 1 N–H and O–H groups in total. The summed E-state index contributed by atoms with van der Waals surface area (Å²) in [6, 6.07) is 10.3. The van der Waals surface area contributed by atoms with Crippen LogP contribution in [-0.4, -0.2) is 40.4 Å². The molecule has 0 unspecified atom stereocenters. The smallest absolute Gasteiger partial charge is 0.224 e. The molecule has 1 aromatic carbocycles. The second kappa shape index (κ2) is 9.28. The molecule has 2 heterocycles. The Kier molecular flexibility index (Phi) is 6.55. The molecule has 3 rings (SSSR count). The molecule has 0 saturated heterocycles. The molecule has 0 aliphatic rings. The van der Waals surface area contributed by atoms with Crippen LogP contribution in [0.2, 0.25) is 0 Å². The van der Waals surface area contributed by atoms with Crippen molar-refractivity contribution in [3.05, 3.63) is 66.8 Å². The van der Waals surface area contributed by atoms with E-state index < -0.39 is 0 Å². The fourth-order valence-corrected chi connectivity index (χ4v) is 4.18. The molecule has 0 fully saturated rings. The van der Waals surface area contributed by atoms with E-state index in [9.17, 15) is 4.79 Å². The molecule has 0 saturated carbocycles. The van der Waals surface area contributed by atoms with Crippen molar-refractivity contribution in [3.63, 3.8) is 0 Å². The Hall–Kier alpha value is -2.99. The van der Waals surface area contributed by atoms with E-state index in [4.69, 9.17) is 0 Å². The third-order valence-corrected chi connectivity index (χ3v) is 5.42. The van der Waals surface area contributed by atoms with Crippen LogP contribution < -0.4 is 5.32 Å². The van der Waals surface area contributed by atoms with Crippen LogP contribution in [-0.2, 0) is 4.79 Å². The van der Waals surface area contributed by atoms with E-state index in [2.05, 4.69) is 47.5 Å². The molecular weight excluding hydrogens is 368 g/mol. The first-order chi connectivity index (χ1) is 13.7. The minimum Gasteiger partial charge on any atom is -0.369 e. The van der Waals surface area contributed by atoms with Gasteiger partial charge in [-0.15, -0.1) is 24.5 Å². The van der Waals surface area contributed by atoms with Gasteiger partial charge in [0.1, 0.15) is 17.0 Å². The van der Waals surface area contributed by atoms with Crippen LogP contribution in [0.5, 0.6) is 0 Å². The van der Waals surface area contributed by atoms with Gasteiger partial charge in [0.2, 0.25) is 5.91 Å². The van der Waals surface area contributed by atoms with Crippen molar-refractivity contribution in [1.82, 2.24) is 14.9 Å². The molecule has 0 radical (unpaired) electrons. The van der Waals surface area contributed by atoms with E-state index in [0.29, 0.717) is 26.1 Å². The Morgan fingerprint density at radius 2 is 1.89 bits per heavy atom. The highest BCUT2D eigenvalue weighted by molar-refractivity contribution is 7.19. The Balaban J connectivity index is 1.81. The highest BCUT2D eigenvalue weighted by Gasteiger charge is 2.17. The van der Waals surface area contributed by atoms with Crippen molar-refractivity contribution >= 4 is 33.3 Å². The number of anilines is 1. The van der Waals surface area contributed by atoms with Gasteiger partial charge in [-0.05, 0) is 12.5 Å². The first-order valence-electron chi connectivity index (χ1n) is 9.18. The molecular formula is C22H24N4OS. The molecule has 0 aliphatic heterocycles. The Labute approximate surface area is 169 Å². The number of hydrogen-bond donors (Lipinski definition) is 1. The van der Waals surface area contributed by atoms with Gasteiger partial charge in [0.05, 0.1) is 5.39 Å². The molecule has 28 heavy (non-hydrogen) atoms. The summed E-state index contributed by atoms with van der Waals surface area (Å²) in [6.45, 7) is 11.1. The fourth-order valence-electron chi connectivity index (χ4n) is 3.17. The molecule has 0 spiro atoms. The molecule has 3 aromatic rings. The number of nitrogens with zero attached hydrogens (tertiary/aromatic N) is 3. The molecule has 0 aliphatic carbocycles. The number of aromatic nitrogens is 2. The number of rotatable bonds is 9. The molecule has 5 nitrogen and oxygen atoms in total. The van der Waals surface area contributed by atoms with E-state index in [-0.39, 0.29) is 5.91 Å². The highest BCUT2D eigenvalue weighted by atomic mass is 32.1. The van der Waals surface area contributed by atoms with E-state index in [1.165, 1.54) is 4.88 Å². The van der Waals surface area contributed by atoms with Crippen LogP contribution in [0.1, 0.15) is 11.3 Å². The predicted molar refractivity (Wildman–Crippen MR) is 118 cm³/mol. The number of amides is 1. The molecule has 6 heteroatoms. The quantitative estimate of drug-likeness (QED) is 0.538. The number of carbonyl (C=O) groups is 1. The highest BCUT2D eigenvalue weighted by Crippen LogP contribution is 2.40. The summed E-state index contributed by atoms with van der Waals surface area (Å²) in [4.78, 5) is 25.2. The minimum atomic E-state index is 0.0578. The average molecular weight is 393 g/mol. The normalized spacial score (nSPS) is 10.6. The van der Waals surface area contributed by atoms with Crippen molar-refractivity contribution in [2.24, 2.45) is 0 Å². The largest absolute Gasteiger partial charge is 0.369 e. The van der Waals surface area contributed by atoms with Crippen molar-refractivity contribution in [2.75, 3.05) is 25.0 Å². The standard InChI is InChI=1S/C22H24N4OS/c1-4-13-26(14-5-2)18(27)11-12-23-21-20-19(17-9-7-6-8-10-17)16(3)28-22(20)25-15-24-21/h4-10,15H,1-2,11-14H2,3H3,(H,23,24,25). The van der Waals surface area contributed by atoms with Crippen LogP contribution in [0.25, 0.3) is 21.3 Å². The number of fused-ring (bicyclic) bond motifs is 1. The van der Waals surface area contributed by atoms with Crippen LogP contribution in [0.15, 0.2) is 62.0 Å². The van der Waals surface area contributed by atoms with Crippen LogP contribution in [0, 0.1) is 6.92 Å². The number of aryl methyl sites for hydroxylation is 1. The van der Waals surface area contributed by atoms with Gasteiger partial charge in [-0.25, -0.2) is 9.97 Å². The zero-order chi connectivity index (χ0) is 19.9. The van der Waals surface area contributed by atoms with Crippen molar-refractivity contribution in [1.29, 1.82) is 0 Å². The number of nitrogens with one attached hydrogen (secondary N) is 1. The van der Waals surface area contributed by atoms with Gasteiger partial charge in [-0.3, -0.25) is 4.79 Å². The number of carbonyl (C=O) groups excluding carboxylic acids is 1. The summed E-state index contributed by atoms with van der Waals surface area (Å²) < 4.78 is 0. The zero-order valence-electron chi connectivity index (χ0n) is 16.0. The first kappa shape index (κ1) is 19.8. The van der Waals surface area contributed by atoms with Gasteiger partial charge >= 0.3 is 0 Å². The van der Waals surface area contributed by atoms with Gasteiger partial charge in [0.25, 0.3) is 0 Å². The summed E-state index contributed by atoms with van der Waals surface area (Å²) in [5.74, 6) is 0.822. The van der Waals surface area contributed by atoms with Crippen LogP contribution in [0.3, 0.4) is 0 Å². The van der Waals surface area contributed by atoms with Gasteiger partial charge < -0.3 is 10.2 Å². The zero-order valence-corrected chi connectivity index (χ0v) is 16.8. The maximum Gasteiger partial charge on any atom is 0.224 e. The van der Waals surface area contributed by atoms with Gasteiger partial charge in [0, 0.05) is 36.5 Å². The minimum absolute atomic E-state index is 0.0578. The Bertz CT molecular complexity index is 971. The maximum atomic E-state index is 12.4. The molecule has 2 aromatic heterocycles. The lowest BCUT2D eigenvalue weighted by molar-refractivity contribution is -0.129. The van der Waals surface area contributed by atoms with E-state index in [0.717, 1.165) is 27.2 Å². The van der Waals surface area contributed by atoms with Crippen LogP contribution in [0.4, 0.5) is 5.82 Å². The summed E-state index contributed by atoms with van der Waals surface area (Å²) in [6.07, 6.45) is 5.39. The summed E-state index contributed by atoms with van der Waals surface area (Å²) in [5.41, 5.74) is 2.29. The Morgan fingerprint density at radius 1 is 1.18 bits per heavy atom. The lowest BCUT2D eigenvalue weighted by Crippen LogP contribution is -2.32. The topological polar surface area (TPSA) is 58.1 Å². The van der Waals surface area contributed by atoms with Crippen molar-refractivity contribution < 1.29 is 4.79 Å². The SMILES string of the molecule is C=CCN(CC=C)C(=O)CCNc1ncnc2sc(C)c(-c3ccccc3)c12. The Morgan fingerprint density at radius 3 is 2.57 bits per heavy atom. The van der Waals surface area contributed by atoms with Crippen LogP contribution >= 0.6 is 11.3 Å². The lowest BCUT2D eigenvalue weighted by Gasteiger charge is -2.19. The maximum absolute atomic E-state index is 12.4. The van der Waals surface area contributed by atoms with E-state index in [1.54, 1.807) is 34.7 Å². The number of hydrogen-bond acceptors (Lipinski definition) is 5. The van der Waals surface area contributed by atoms with E-state index in [1.807, 2.05) is 18.2 Å². The molecule has 144 valence electrons. The molecule has 0 atom stereocenters. The van der Waals surface area contributed by atoms with Gasteiger partial charge in [0.15, 0.2) is 0 Å². The second-order valence-electron chi connectivity index (χ2n) is 6.35. The van der Waals surface area contributed by atoms with E-state index >= 15 is 0 Å². The lowest BCUT2D eigenvalue weighted by atomic mass is 10.0. The second-order valence-corrected chi connectivity index (χ2v) is 7.56. The third-order valence-electron chi connectivity index (χ3n) is 4.41. The predicted octanol–water partition coefficient (Wildman–Crippen LogP) is 4.67. The molecule has 0 bridgehead atoms. The number of benzene rings is 1. The van der Waals surface area contributed by atoms with Crippen molar-refractivity contribution in [3.8, 4) is 11.1 Å². The van der Waals surface area contributed by atoms with Crippen molar-refractivity contribution in [2.45, 2.75) is 13.3 Å². The summed E-state index contributed by atoms with van der Waals surface area (Å²) in [5, 5.41) is 4.35. The fraction of sp³-hybridized carbons (Fsp3) is 0.227. The summed E-state index contributed by atoms with van der Waals surface area (Å²) in [7, 11) is 0. The average Bonchev–Trinajstić information content (AvgIpc) is 3.05. The van der Waals surface area contributed by atoms with Gasteiger partial charge in [-0.2, -0.15) is 0 Å². The number of thiophene rings is 1. The van der Waals surface area contributed by atoms with Gasteiger partial charge in [-0.1, -0.05) is 42.5 Å². The third kappa shape index (κ3) is 4.28. The molecule has 1 amide bonds. The first-order valence-corrected chi connectivity index (χ1v) is 10.00. The summed E-state index contributed by atoms with van der Waals surface area (Å²) >= 11 is 1.66. The monoisotopic (exact) mass is 392 g/mol.